The number of hydrogen-bond donors (Lipinski definition) is 1. The van der Waals surface area contributed by atoms with Crippen molar-refractivity contribution in [1.29, 1.82) is 0 Å². The Morgan fingerprint density at radius 2 is 2.25 bits per heavy atom. The standard InChI is InChI=1S/C14H21N3O3/c1-4-5-17(12-8-20-7-11(12)14(18)19)13-10(3)15-6-9(2)16-13/h6,11-12H,4-5,7-8H2,1-3H3,(H,18,19). The minimum atomic E-state index is -0.813. The summed E-state index contributed by atoms with van der Waals surface area (Å²) in [4.78, 5) is 22.3. The normalized spacial score (nSPS) is 21.9. The Morgan fingerprint density at radius 1 is 1.50 bits per heavy atom. The summed E-state index contributed by atoms with van der Waals surface area (Å²) in [7, 11) is 0. The SMILES string of the molecule is CCCN(c1nc(C)cnc1C)C1COCC1C(=O)O. The van der Waals surface area contributed by atoms with E-state index in [2.05, 4.69) is 16.9 Å². The Bertz CT molecular complexity index is 493. The molecule has 0 bridgehead atoms. The van der Waals surface area contributed by atoms with Crippen LogP contribution >= 0.6 is 0 Å². The lowest BCUT2D eigenvalue weighted by Crippen LogP contribution is -2.44. The second kappa shape index (κ2) is 6.17. The summed E-state index contributed by atoms with van der Waals surface area (Å²) in [5.41, 5.74) is 1.65. The molecule has 110 valence electrons. The van der Waals surface area contributed by atoms with Gasteiger partial charge >= 0.3 is 5.97 Å². The number of carboxylic acids is 1. The largest absolute Gasteiger partial charge is 0.481 e. The van der Waals surface area contributed by atoms with Crippen LogP contribution in [-0.2, 0) is 9.53 Å². The van der Waals surface area contributed by atoms with E-state index in [0.717, 1.165) is 30.2 Å². The third kappa shape index (κ3) is 2.90. The Labute approximate surface area is 118 Å². The molecule has 1 N–H and O–H groups in total. The zero-order valence-corrected chi connectivity index (χ0v) is 12.2. The molecule has 1 aliphatic rings. The van der Waals surface area contributed by atoms with Gasteiger partial charge in [0.25, 0.3) is 0 Å². The van der Waals surface area contributed by atoms with E-state index in [-0.39, 0.29) is 12.6 Å². The van der Waals surface area contributed by atoms with Crippen molar-refractivity contribution in [2.24, 2.45) is 5.92 Å². The van der Waals surface area contributed by atoms with Gasteiger partial charge in [0.05, 0.1) is 30.6 Å². The van der Waals surface area contributed by atoms with Gasteiger partial charge in [-0.25, -0.2) is 4.98 Å². The first-order chi connectivity index (χ1) is 9.54. The third-order valence-corrected chi connectivity index (χ3v) is 3.56. The molecule has 1 fully saturated rings. The number of ether oxygens (including phenoxy) is 1. The van der Waals surface area contributed by atoms with Crippen molar-refractivity contribution in [2.75, 3.05) is 24.7 Å². The monoisotopic (exact) mass is 279 g/mol. The van der Waals surface area contributed by atoms with Crippen LogP contribution < -0.4 is 4.90 Å². The second-order valence-corrected chi connectivity index (χ2v) is 5.16. The number of carboxylic acid groups (broad SMARTS) is 1. The van der Waals surface area contributed by atoms with E-state index in [1.54, 1.807) is 6.20 Å². The Balaban J connectivity index is 2.35. The lowest BCUT2D eigenvalue weighted by molar-refractivity contribution is -0.142. The highest BCUT2D eigenvalue weighted by molar-refractivity contribution is 5.72. The average Bonchev–Trinajstić information content (AvgIpc) is 2.88. The minimum absolute atomic E-state index is 0.178. The van der Waals surface area contributed by atoms with E-state index in [4.69, 9.17) is 4.74 Å². The molecule has 0 amide bonds. The van der Waals surface area contributed by atoms with Gasteiger partial charge in [0.1, 0.15) is 5.92 Å². The summed E-state index contributed by atoms with van der Waals surface area (Å²) in [5, 5.41) is 9.33. The number of carbonyl (C=O) groups is 1. The summed E-state index contributed by atoms with van der Waals surface area (Å²) in [5.74, 6) is -0.552. The number of aryl methyl sites for hydroxylation is 2. The summed E-state index contributed by atoms with van der Waals surface area (Å²) in [6.45, 7) is 7.29. The van der Waals surface area contributed by atoms with Crippen molar-refractivity contribution in [2.45, 2.75) is 33.2 Å². The molecule has 2 heterocycles. The van der Waals surface area contributed by atoms with Gasteiger partial charge in [-0.2, -0.15) is 0 Å². The van der Waals surface area contributed by atoms with Gasteiger partial charge in [-0.05, 0) is 20.3 Å². The number of hydrogen-bond acceptors (Lipinski definition) is 5. The maximum absolute atomic E-state index is 11.4. The van der Waals surface area contributed by atoms with E-state index < -0.39 is 11.9 Å². The fraction of sp³-hybridized carbons (Fsp3) is 0.643. The van der Waals surface area contributed by atoms with Gasteiger partial charge in [-0.1, -0.05) is 6.92 Å². The van der Waals surface area contributed by atoms with Crippen molar-refractivity contribution in [3.05, 3.63) is 17.6 Å². The molecule has 6 heteroatoms. The highest BCUT2D eigenvalue weighted by atomic mass is 16.5. The first kappa shape index (κ1) is 14.7. The van der Waals surface area contributed by atoms with Crippen LogP contribution in [0, 0.1) is 19.8 Å². The van der Waals surface area contributed by atoms with Crippen LogP contribution in [-0.4, -0.2) is 46.8 Å². The van der Waals surface area contributed by atoms with Crippen molar-refractivity contribution in [3.63, 3.8) is 0 Å². The molecule has 0 saturated carbocycles. The quantitative estimate of drug-likeness (QED) is 0.878. The van der Waals surface area contributed by atoms with Gasteiger partial charge < -0.3 is 14.7 Å². The molecule has 1 aliphatic heterocycles. The topological polar surface area (TPSA) is 75.5 Å². The zero-order valence-electron chi connectivity index (χ0n) is 12.2. The lowest BCUT2D eigenvalue weighted by Gasteiger charge is -2.32. The maximum atomic E-state index is 11.4. The fourth-order valence-electron chi connectivity index (χ4n) is 2.55. The molecular formula is C14H21N3O3. The van der Waals surface area contributed by atoms with Crippen molar-refractivity contribution < 1.29 is 14.6 Å². The molecule has 0 spiro atoms. The molecule has 20 heavy (non-hydrogen) atoms. The van der Waals surface area contributed by atoms with E-state index in [1.807, 2.05) is 18.7 Å². The number of nitrogens with zero attached hydrogens (tertiary/aromatic N) is 3. The molecule has 0 radical (unpaired) electrons. The summed E-state index contributed by atoms with van der Waals surface area (Å²) in [6.07, 6.45) is 2.64. The van der Waals surface area contributed by atoms with E-state index in [0.29, 0.717) is 6.61 Å². The second-order valence-electron chi connectivity index (χ2n) is 5.16. The predicted molar refractivity (Wildman–Crippen MR) is 74.9 cm³/mol. The highest BCUT2D eigenvalue weighted by Crippen LogP contribution is 2.26. The van der Waals surface area contributed by atoms with Crippen LogP contribution in [0.2, 0.25) is 0 Å². The fourth-order valence-corrected chi connectivity index (χ4v) is 2.55. The lowest BCUT2D eigenvalue weighted by atomic mass is 10.0. The maximum Gasteiger partial charge on any atom is 0.311 e. The van der Waals surface area contributed by atoms with Crippen LogP contribution in [0.3, 0.4) is 0 Å². The molecule has 6 nitrogen and oxygen atoms in total. The summed E-state index contributed by atoms with van der Waals surface area (Å²) in [6, 6.07) is -0.178. The molecule has 0 aromatic carbocycles. The van der Waals surface area contributed by atoms with E-state index in [9.17, 15) is 9.90 Å². The zero-order chi connectivity index (χ0) is 14.7. The van der Waals surface area contributed by atoms with Crippen molar-refractivity contribution in [3.8, 4) is 0 Å². The van der Waals surface area contributed by atoms with Gasteiger partial charge in [0.2, 0.25) is 0 Å². The molecular weight excluding hydrogens is 258 g/mol. The number of aromatic nitrogens is 2. The predicted octanol–water partition coefficient (Wildman–Crippen LogP) is 1.41. The number of rotatable bonds is 5. The molecule has 1 aromatic heterocycles. The number of aliphatic carboxylic acids is 1. The van der Waals surface area contributed by atoms with Gasteiger partial charge in [-0.3, -0.25) is 9.78 Å². The van der Waals surface area contributed by atoms with Gasteiger partial charge in [0.15, 0.2) is 5.82 Å². The van der Waals surface area contributed by atoms with E-state index >= 15 is 0 Å². The van der Waals surface area contributed by atoms with Crippen molar-refractivity contribution in [1.82, 2.24) is 9.97 Å². The number of anilines is 1. The Hall–Kier alpha value is -1.69. The molecule has 2 atom stereocenters. The average molecular weight is 279 g/mol. The van der Waals surface area contributed by atoms with Crippen molar-refractivity contribution >= 4 is 11.8 Å². The van der Waals surface area contributed by atoms with Crippen LogP contribution in [0.4, 0.5) is 5.82 Å². The van der Waals surface area contributed by atoms with Crippen LogP contribution in [0.25, 0.3) is 0 Å². The van der Waals surface area contributed by atoms with Gasteiger partial charge in [-0.15, -0.1) is 0 Å². The minimum Gasteiger partial charge on any atom is -0.481 e. The smallest absolute Gasteiger partial charge is 0.311 e. The summed E-state index contributed by atoms with van der Waals surface area (Å²) < 4.78 is 5.38. The Kier molecular flexibility index (Phi) is 4.54. The first-order valence-corrected chi connectivity index (χ1v) is 6.92. The third-order valence-electron chi connectivity index (χ3n) is 3.56. The molecule has 1 saturated heterocycles. The first-order valence-electron chi connectivity index (χ1n) is 6.92. The summed E-state index contributed by atoms with van der Waals surface area (Å²) >= 11 is 0. The Morgan fingerprint density at radius 3 is 2.90 bits per heavy atom. The van der Waals surface area contributed by atoms with E-state index in [1.165, 1.54) is 0 Å². The van der Waals surface area contributed by atoms with Crippen LogP contribution in [0.15, 0.2) is 6.20 Å². The van der Waals surface area contributed by atoms with Gasteiger partial charge in [0, 0.05) is 12.7 Å². The van der Waals surface area contributed by atoms with Crippen LogP contribution in [0.1, 0.15) is 24.7 Å². The molecule has 2 rings (SSSR count). The molecule has 0 aliphatic carbocycles. The molecule has 1 aromatic rings. The highest BCUT2D eigenvalue weighted by Gasteiger charge is 2.38. The van der Waals surface area contributed by atoms with Crippen LogP contribution in [0.5, 0.6) is 0 Å². The molecule has 2 unspecified atom stereocenters.